The van der Waals surface area contributed by atoms with E-state index < -0.39 is 10.0 Å². The van der Waals surface area contributed by atoms with Gasteiger partial charge in [-0.05, 0) is 31.7 Å². The van der Waals surface area contributed by atoms with E-state index in [1.54, 1.807) is 18.3 Å². The SMILES string of the molecule is CN(CC(=O)NC1CCC(Oc2ccc(Cl)cn2)CC1)S(C)(=O)=O. The van der Waals surface area contributed by atoms with Crippen molar-refractivity contribution in [3.63, 3.8) is 0 Å². The van der Waals surface area contributed by atoms with Crippen molar-refractivity contribution in [2.45, 2.75) is 37.8 Å². The molecule has 0 aromatic carbocycles. The van der Waals surface area contributed by atoms with Crippen molar-refractivity contribution in [2.75, 3.05) is 19.8 Å². The lowest BCUT2D eigenvalue weighted by Gasteiger charge is -2.29. The minimum Gasteiger partial charge on any atom is -0.474 e. The number of sulfonamides is 1. The van der Waals surface area contributed by atoms with Crippen LogP contribution in [0.5, 0.6) is 5.88 Å². The molecule has 0 aliphatic heterocycles. The van der Waals surface area contributed by atoms with E-state index in [1.165, 1.54) is 7.05 Å². The number of nitrogens with zero attached hydrogens (tertiary/aromatic N) is 2. The van der Waals surface area contributed by atoms with E-state index in [2.05, 4.69) is 10.3 Å². The van der Waals surface area contributed by atoms with Crippen LogP contribution in [0.2, 0.25) is 5.02 Å². The van der Waals surface area contributed by atoms with E-state index in [-0.39, 0.29) is 24.6 Å². The van der Waals surface area contributed by atoms with Crippen LogP contribution in [0.3, 0.4) is 0 Å². The summed E-state index contributed by atoms with van der Waals surface area (Å²) in [4.78, 5) is 16.0. The van der Waals surface area contributed by atoms with Crippen LogP contribution >= 0.6 is 11.6 Å². The lowest BCUT2D eigenvalue weighted by Crippen LogP contribution is -2.44. The van der Waals surface area contributed by atoms with Crippen molar-refractivity contribution in [2.24, 2.45) is 0 Å². The highest BCUT2D eigenvalue weighted by molar-refractivity contribution is 7.88. The van der Waals surface area contributed by atoms with Gasteiger partial charge in [-0.25, -0.2) is 13.4 Å². The van der Waals surface area contributed by atoms with Crippen LogP contribution in [-0.2, 0) is 14.8 Å². The van der Waals surface area contributed by atoms with Gasteiger partial charge in [0, 0.05) is 25.4 Å². The van der Waals surface area contributed by atoms with Crippen molar-refractivity contribution >= 4 is 27.5 Å². The number of likely N-dealkylation sites (N-methyl/N-ethyl adjacent to an activating group) is 1. The molecule has 2 rings (SSSR count). The standard InChI is InChI=1S/C15H22ClN3O4S/c1-19(24(2,21)22)10-14(20)18-12-4-6-13(7-5-12)23-15-8-3-11(16)9-17-15/h3,8-9,12-13H,4-7,10H2,1-2H3,(H,18,20). The van der Waals surface area contributed by atoms with Crippen LogP contribution in [0.15, 0.2) is 18.3 Å². The van der Waals surface area contributed by atoms with Crippen LogP contribution in [0, 0.1) is 0 Å². The number of amides is 1. The maximum absolute atomic E-state index is 11.9. The lowest BCUT2D eigenvalue weighted by molar-refractivity contribution is -0.122. The molecule has 1 aliphatic rings. The molecule has 24 heavy (non-hydrogen) atoms. The average Bonchev–Trinajstić information content (AvgIpc) is 2.50. The van der Waals surface area contributed by atoms with Gasteiger partial charge in [-0.2, -0.15) is 4.31 Å². The fraction of sp³-hybridized carbons (Fsp3) is 0.600. The van der Waals surface area contributed by atoms with Gasteiger partial charge < -0.3 is 10.1 Å². The molecule has 1 aliphatic carbocycles. The number of halogens is 1. The number of aromatic nitrogens is 1. The summed E-state index contributed by atoms with van der Waals surface area (Å²) in [5.74, 6) is 0.258. The van der Waals surface area contributed by atoms with E-state index in [1.807, 2.05) is 0 Å². The molecule has 1 amide bonds. The maximum atomic E-state index is 11.9. The number of pyridine rings is 1. The average molecular weight is 376 g/mol. The third-order valence-electron chi connectivity index (χ3n) is 3.96. The highest BCUT2D eigenvalue weighted by Crippen LogP contribution is 2.23. The molecule has 134 valence electrons. The Labute approximate surface area is 147 Å². The molecule has 1 N–H and O–H groups in total. The maximum Gasteiger partial charge on any atom is 0.235 e. The molecule has 0 saturated heterocycles. The topological polar surface area (TPSA) is 88.6 Å². The second-order valence-corrected chi connectivity index (χ2v) is 8.52. The molecule has 1 saturated carbocycles. The van der Waals surface area contributed by atoms with Gasteiger partial charge in [0.25, 0.3) is 0 Å². The largest absolute Gasteiger partial charge is 0.474 e. The summed E-state index contributed by atoms with van der Waals surface area (Å²) in [6.07, 6.45) is 5.85. The minimum absolute atomic E-state index is 0.0449. The fourth-order valence-corrected chi connectivity index (χ4v) is 2.98. The van der Waals surface area contributed by atoms with Crippen LogP contribution in [-0.4, -0.2) is 55.6 Å². The number of hydrogen-bond acceptors (Lipinski definition) is 5. The molecule has 0 bridgehead atoms. The number of rotatable bonds is 6. The van der Waals surface area contributed by atoms with Gasteiger partial charge in [0.15, 0.2) is 0 Å². The molecule has 0 spiro atoms. The molecular formula is C15H22ClN3O4S. The van der Waals surface area contributed by atoms with Crippen LogP contribution in [0.4, 0.5) is 0 Å². The first-order valence-corrected chi connectivity index (χ1v) is 9.95. The summed E-state index contributed by atoms with van der Waals surface area (Å²) in [5.41, 5.74) is 0. The van der Waals surface area contributed by atoms with Gasteiger partial charge in [-0.1, -0.05) is 11.6 Å². The quantitative estimate of drug-likeness (QED) is 0.812. The van der Waals surface area contributed by atoms with Gasteiger partial charge in [-0.15, -0.1) is 0 Å². The van der Waals surface area contributed by atoms with Crippen LogP contribution in [0.25, 0.3) is 0 Å². The van der Waals surface area contributed by atoms with E-state index in [9.17, 15) is 13.2 Å². The number of carbonyl (C=O) groups is 1. The summed E-state index contributed by atoms with van der Waals surface area (Å²) in [5, 5.41) is 3.44. The Morgan fingerprint density at radius 3 is 2.58 bits per heavy atom. The summed E-state index contributed by atoms with van der Waals surface area (Å²) >= 11 is 5.79. The van der Waals surface area contributed by atoms with E-state index in [4.69, 9.17) is 16.3 Å². The first kappa shape index (κ1) is 19.0. The lowest BCUT2D eigenvalue weighted by atomic mass is 9.93. The summed E-state index contributed by atoms with van der Waals surface area (Å²) < 4.78 is 29.5. The molecule has 0 atom stereocenters. The van der Waals surface area contributed by atoms with E-state index >= 15 is 0 Å². The monoisotopic (exact) mass is 375 g/mol. The number of hydrogen-bond donors (Lipinski definition) is 1. The van der Waals surface area contributed by atoms with Crippen molar-refractivity contribution in [3.8, 4) is 5.88 Å². The van der Waals surface area contributed by atoms with Crippen LogP contribution in [0.1, 0.15) is 25.7 Å². The van der Waals surface area contributed by atoms with Crippen molar-refractivity contribution in [1.82, 2.24) is 14.6 Å². The minimum atomic E-state index is -3.35. The summed E-state index contributed by atoms with van der Waals surface area (Å²) in [6.45, 7) is -0.163. The second-order valence-electron chi connectivity index (χ2n) is 5.99. The molecule has 1 heterocycles. The number of carbonyl (C=O) groups excluding carboxylic acids is 1. The Bertz CT molecular complexity index is 658. The van der Waals surface area contributed by atoms with Crippen molar-refractivity contribution in [1.29, 1.82) is 0 Å². The number of ether oxygens (including phenoxy) is 1. The Morgan fingerprint density at radius 2 is 2.04 bits per heavy atom. The van der Waals surface area contributed by atoms with Gasteiger partial charge in [0.05, 0.1) is 17.8 Å². The summed E-state index contributed by atoms with van der Waals surface area (Å²) in [6, 6.07) is 3.51. The Kier molecular flexibility index (Phi) is 6.42. The van der Waals surface area contributed by atoms with E-state index in [0.717, 1.165) is 36.2 Å². The molecular weight excluding hydrogens is 354 g/mol. The Morgan fingerprint density at radius 1 is 1.38 bits per heavy atom. The third kappa shape index (κ3) is 5.92. The molecule has 0 unspecified atom stereocenters. The fourth-order valence-electron chi connectivity index (χ4n) is 2.52. The predicted molar refractivity (Wildman–Crippen MR) is 91.5 cm³/mol. The van der Waals surface area contributed by atoms with Crippen molar-refractivity contribution in [3.05, 3.63) is 23.4 Å². The highest BCUT2D eigenvalue weighted by Gasteiger charge is 2.25. The molecule has 9 heteroatoms. The molecule has 1 fully saturated rings. The molecule has 1 aromatic rings. The van der Waals surface area contributed by atoms with Gasteiger partial charge in [-0.3, -0.25) is 4.79 Å². The molecule has 7 nitrogen and oxygen atoms in total. The smallest absolute Gasteiger partial charge is 0.235 e. The second kappa shape index (κ2) is 8.13. The normalized spacial score (nSPS) is 21.5. The first-order chi connectivity index (χ1) is 11.2. The zero-order valence-corrected chi connectivity index (χ0v) is 15.3. The predicted octanol–water partition coefficient (Wildman–Crippen LogP) is 1.43. The van der Waals surface area contributed by atoms with Crippen LogP contribution < -0.4 is 10.1 Å². The highest BCUT2D eigenvalue weighted by atomic mass is 35.5. The van der Waals surface area contributed by atoms with Gasteiger partial charge >= 0.3 is 0 Å². The van der Waals surface area contributed by atoms with Gasteiger partial charge in [0.1, 0.15) is 6.10 Å². The molecule has 0 radical (unpaired) electrons. The number of nitrogens with one attached hydrogen (secondary N) is 1. The van der Waals surface area contributed by atoms with Crippen molar-refractivity contribution < 1.29 is 17.9 Å². The summed E-state index contributed by atoms with van der Waals surface area (Å²) in [7, 11) is -1.96. The van der Waals surface area contributed by atoms with Gasteiger partial charge in [0.2, 0.25) is 21.8 Å². The van der Waals surface area contributed by atoms with E-state index in [0.29, 0.717) is 10.9 Å². The Balaban J connectivity index is 1.74. The molecule has 1 aromatic heterocycles. The zero-order valence-electron chi connectivity index (χ0n) is 13.7. The first-order valence-electron chi connectivity index (χ1n) is 7.73. The Hall–Kier alpha value is -1.38. The zero-order chi connectivity index (χ0) is 17.7. The third-order valence-corrected chi connectivity index (χ3v) is 5.44.